The van der Waals surface area contributed by atoms with Gasteiger partial charge in [0.2, 0.25) is 0 Å². The molecule has 0 radical (unpaired) electrons. The molecule has 0 bridgehead atoms. The monoisotopic (exact) mass is 734 g/mol. The Morgan fingerprint density at radius 3 is 2.11 bits per heavy atom. The van der Waals surface area contributed by atoms with E-state index in [0.717, 1.165) is 71.8 Å². The van der Waals surface area contributed by atoms with E-state index in [1.54, 1.807) is 5.56 Å². The highest BCUT2D eigenvalue weighted by atomic mass is 15.2. The molecule has 12 atom stereocenters. The molecule has 8 aliphatic rings. The number of rotatable bonds is 5. The van der Waals surface area contributed by atoms with Gasteiger partial charge in [0, 0.05) is 29.3 Å². The molecule has 7 aliphatic carbocycles. The number of hydrogen-bond acceptors (Lipinski definition) is 2. The van der Waals surface area contributed by atoms with Gasteiger partial charge in [-0.2, -0.15) is 0 Å². The van der Waals surface area contributed by atoms with E-state index in [9.17, 15) is 0 Å². The van der Waals surface area contributed by atoms with Crippen LogP contribution in [-0.2, 0) is 0 Å². The van der Waals surface area contributed by atoms with Gasteiger partial charge in [-0.3, -0.25) is 0 Å². The lowest BCUT2D eigenvalue weighted by atomic mass is 9.57. The summed E-state index contributed by atoms with van der Waals surface area (Å²) >= 11 is 0. The van der Waals surface area contributed by atoms with E-state index in [1.807, 2.05) is 5.57 Å². The van der Waals surface area contributed by atoms with Crippen molar-refractivity contribution in [2.75, 3.05) is 4.90 Å². The van der Waals surface area contributed by atoms with Crippen LogP contribution in [-0.4, -0.2) is 17.1 Å². The third-order valence-corrected chi connectivity index (χ3v) is 17.2. The van der Waals surface area contributed by atoms with Gasteiger partial charge in [-0.25, -0.2) is 4.98 Å². The molecule has 1 saturated heterocycles. The minimum atomic E-state index is 0.613. The molecule has 284 valence electrons. The molecule has 56 heavy (non-hydrogen) atoms. The topological polar surface area (TPSA) is 16.1 Å². The minimum absolute atomic E-state index is 0.613. The summed E-state index contributed by atoms with van der Waals surface area (Å²) in [6.45, 7) is 2.43. The molecule has 12 unspecified atom stereocenters. The molecule has 2 heterocycles. The van der Waals surface area contributed by atoms with Gasteiger partial charge in [-0.1, -0.05) is 128 Å². The Labute approximate surface area is 335 Å². The summed E-state index contributed by atoms with van der Waals surface area (Å²) in [6, 6.07) is 35.9. The number of hydrogen-bond donors (Lipinski definition) is 0. The first-order chi connectivity index (χ1) is 27.7. The molecule has 6 fully saturated rings. The molecule has 3 aromatic carbocycles. The highest BCUT2D eigenvalue weighted by Crippen LogP contribution is 2.72. The Kier molecular flexibility index (Phi) is 8.15. The Bertz CT molecular complexity index is 2210. The summed E-state index contributed by atoms with van der Waals surface area (Å²) in [6.07, 6.45) is 26.4. The number of anilines is 1. The van der Waals surface area contributed by atoms with Crippen LogP contribution >= 0.6 is 0 Å². The van der Waals surface area contributed by atoms with E-state index in [2.05, 4.69) is 127 Å². The molecule has 1 aromatic heterocycles. The SMILES string of the molecule is Cc1c(N2C3CCC4CCC=C5C(c6ccccc6)C6C7CCCCC7C7CCC2C(C76)C3C54)cc(-c2ccc(-c3ccccc3)cc2)nc1C1=CCCC=C1. The van der Waals surface area contributed by atoms with Crippen LogP contribution in [0.1, 0.15) is 99.8 Å². The van der Waals surface area contributed by atoms with E-state index in [-0.39, 0.29) is 0 Å². The number of nitrogens with zero attached hydrogens (tertiary/aromatic N) is 2. The van der Waals surface area contributed by atoms with Crippen molar-refractivity contribution in [2.24, 2.45) is 53.3 Å². The summed E-state index contributed by atoms with van der Waals surface area (Å²) in [5.41, 5.74) is 13.9. The van der Waals surface area contributed by atoms with Gasteiger partial charge in [0.15, 0.2) is 0 Å². The molecule has 4 aromatic rings. The van der Waals surface area contributed by atoms with Crippen molar-refractivity contribution in [1.82, 2.24) is 4.98 Å². The zero-order valence-corrected chi connectivity index (χ0v) is 33.3. The first-order valence-electron chi connectivity index (χ1n) is 22.8. The van der Waals surface area contributed by atoms with Gasteiger partial charge in [0.1, 0.15) is 0 Å². The maximum Gasteiger partial charge on any atom is 0.0756 e. The Morgan fingerprint density at radius 2 is 1.30 bits per heavy atom. The van der Waals surface area contributed by atoms with Crippen molar-refractivity contribution in [1.29, 1.82) is 0 Å². The van der Waals surface area contributed by atoms with Gasteiger partial charge in [-0.05, 0) is 158 Å². The van der Waals surface area contributed by atoms with Crippen LogP contribution in [0.25, 0.3) is 28.0 Å². The van der Waals surface area contributed by atoms with Gasteiger partial charge >= 0.3 is 0 Å². The van der Waals surface area contributed by atoms with Crippen LogP contribution in [0.5, 0.6) is 0 Å². The Balaban J connectivity index is 1.03. The molecule has 0 amide bonds. The molecule has 5 saturated carbocycles. The number of allylic oxidation sites excluding steroid dienone is 6. The van der Waals surface area contributed by atoms with Crippen molar-refractivity contribution in [2.45, 2.75) is 102 Å². The highest BCUT2D eigenvalue weighted by molar-refractivity contribution is 5.81. The fourth-order valence-electron chi connectivity index (χ4n) is 15.5. The van der Waals surface area contributed by atoms with Gasteiger partial charge in [0.25, 0.3) is 0 Å². The van der Waals surface area contributed by atoms with Crippen LogP contribution < -0.4 is 4.90 Å². The smallest absolute Gasteiger partial charge is 0.0756 e. The zero-order valence-electron chi connectivity index (χ0n) is 33.3. The zero-order chi connectivity index (χ0) is 36.9. The Morgan fingerprint density at radius 1 is 0.589 bits per heavy atom. The highest BCUT2D eigenvalue weighted by Gasteiger charge is 2.68. The molecule has 2 nitrogen and oxygen atoms in total. The maximum absolute atomic E-state index is 5.58. The fourth-order valence-corrected chi connectivity index (χ4v) is 15.5. The summed E-state index contributed by atoms with van der Waals surface area (Å²) in [5.74, 6) is 8.23. The van der Waals surface area contributed by atoms with Crippen LogP contribution in [0.3, 0.4) is 0 Å². The first-order valence-corrected chi connectivity index (χ1v) is 22.8. The average Bonchev–Trinajstić information content (AvgIpc) is 3.73. The molecular formula is C54H58N2. The van der Waals surface area contributed by atoms with Crippen LogP contribution in [0, 0.1) is 60.2 Å². The second-order valence-corrected chi connectivity index (χ2v) is 19.3. The van der Waals surface area contributed by atoms with E-state index in [0.29, 0.717) is 18.0 Å². The van der Waals surface area contributed by atoms with Crippen LogP contribution in [0.4, 0.5) is 5.69 Å². The van der Waals surface area contributed by atoms with E-state index >= 15 is 0 Å². The lowest BCUT2D eigenvalue weighted by Crippen LogP contribution is -2.46. The summed E-state index contributed by atoms with van der Waals surface area (Å²) < 4.78 is 0. The Hall–Kier alpha value is -4.17. The lowest BCUT2D eigenvalue weighted by molar-refractivity contribution is 0.0563. The van der Waals surface area contributed by atoms with Crippen LogP contribution in [0.15, 0.2) is 121 Å². The summed E-state index contributed by atoms with van der Waals surface area (Å²) in [5, 5.41) is 0. The molecule has 1 aliphatic heterocycles. The second kappa shape index (κ2) is 13.5. The number of fused-ring (bicyclic) bond motifs is 3. The molecular weight excluding hydrogens is 677 g/mol. The number of benzene rings is 3. The van der Waals surface area contributed by atoms with Gasteiger partial charge in [-0.15, -0.1) is 0 Å². The first kappa shape index (κ1) is 33.9. The third kappa shape index (κ3) is 5.09. The van der Waals surface area contributed by atoms with Crippen molar-refractivity contribution in [3.63, 3.8) is 0 Å². The van der Waals surface area contributed by atoms with Crippen molar-refractivity contribution in [3.05, 3.63) is 138 Å². The normalized spacial score (nSPS) is 36.3. The maximum atomic E-state index is 5.58. The third-order valence-electron chi connectivity index (χ3n) is 17.2. The number of pyridine rings is 1. The van der Waals surface area contributed by atoms with Crippen molar-refractivity contribution >= 4 is 11.3 Å². The van der Waals surface area contributed by atoms with Crippen molar-refractivity contribution < 1.29 is 0 Å². The van der Waals surface area contributed by atoms with Crippen molar-refractivity contribution in [3.8, 4) is 22.4 Å². The standard InChI is InChI=1S/C54H58N2/c1-33-47(32-44(55-54(33)39-18-9-4-10-19-39)36-26-24-35(25-27-36)34-14-5-2-6-15-34)56-45-30-28-38-20-13-23-43-48(37-16-7-3-8-17-37)50-41-22-12-11-21-40(41)42-29-31-46(56)53(51(42)50)52(45)49(38)43/h2-3,5-9,14-19,23-27,32,38,40-42,45-46,48-53H,4,10-13,20-22,28-31H2,1H3. The average molecular weight is 735 g/mol. The van der Waals surface area contributed by atoms with Gasteiger partial charge in [0.05, 0.1) is 11.4 Å². The summed E-state index contributed by atoms with van der Waals surface area (Å²) in [7, 11) is 0. The second-order valence-electron chi connectivity index (χ2n) is 19.3. The molecule has 12 rings (SSSR count). The van der Waals surface area contributed by atoms with E-state index in [4.69, 9.17) is 4.98 Å². The van der Waals surface area contributed by atoms with Gasteiger partial charge < -0.3 is 4.90 Å². The van der Waals surface area contributed by atoms with Crippen LogP contribution in [0.2, 0.25) is 0 Å². The van der Waals surface area contributed by atoms with E-state index < -0.39 is 0 Å². The predicted octanol–water partition coefficient (Wildman–Crippen LogP) is 13.3. The number of aromatic nitrogens is 1. The van der Waals surface area contributed by atoms with E-state index in [1.165, 1.54) is 103 Å². The minimum Gasteiger partial charge on any atom is -0.365 e. The summed E-state index contributed by atoms with van der Waals surface area (Å²) in [4.78, 5) is 8.71. The predicted molar refractivity (Wildman–Crippen MR) is 231 cm³/mol. The largest absolute Gasteiger partial charge is 0.365 e. The quantitative estimate of drug-likeness (QED) is 0.190. The molecule has 2 heteroatoms. The lowest BCUT2D eigenvalue weighted by Gasteiger charge is -2.48. The fraction of sp³-hybridized carbons (Fsp3) is 0.463. The molecule has 0 spiro atoms. The molecule has 0 N–H and O–H groups in total.